The molecule has 7 nitrogen and oxygen atoms in total. The van der Waals surface area contributed by atoms with Crippen LogP contribution in [0.15, 0.2) is 54.6 Å². The molecular weight excluding hydrogens is 442 g/mol. The molecule has 1 amide bonds. The van der Waals surface area contributed by atoms with Crippen molar-refractivity contribution in [2.75, 3.05) is 13.6 Å². The predicted octanol–water partition coefficient (Wildman–Crippen LogP) is 3.69. The van der Waals surface area contributed by atoms with Gasteiger partial charge in [0.1, 0.15) is 5.60 Å². The third kappa shape index (κ3) is 4.37. The van der Waals surface area contributed by atoms with E-state index in [0.717, 1.165) is 33.3 Å². The van der Waals surface area contributed by atoms with Crippen LogP contribution in [-0.2, 0) is 27.4 Å². The van der Waals surface area contributed by atoms with Gasteiger partial charge >= 0.3 is 5.97 Å². The van der Waals surface area contributed by atoms with E-state index in [1.165, 1.54) is 11.0 Å². The summed E-state index contributed by atoms with van der Waals surface area (Å²) in [6.07, 6.45) is 2.30. The van der Waals surface area contributed by atoms with Crippen LogP contribution in [-0.4, -0.2) is 56.9 Å². The van der Waals surface area contributed by atoms with E-state index in [1.807, 2.05) is 49.9 Å². The van der Waals surface area contributed by atoms with Gasteiger partial charge in [0.25, 0.3) is 0 Å². The van der Waals surface area contributed by atoms with E-state index in [0.29, 0.717) is 19.6 Å². The highest BCUT2D eigenvalue weighted by Crippen LogP contribution is 2.41. The van der Waals surface area contributed by atoms with Gasteiger partial charge in [0.15, 0.2) is 6.35 Å². The van der Waals surface area contributed by atoms with Crippen molar-refractivity contribution in [3.05, 3.63) is 77.0 Å². The van der Waals surface area contributed by atoms with Crippen LogP contribution in [0.25, 0.3) is 17.0 Å². The number of likely N-dealkylation sites (N-methyl/N-ethyl adjacent to an activating group) is 1. The van der Waals surface area contributed by atoms with Crippen LogP contribution in [0.2, 0.25) is 0 Å². The van der Waals surface area contributed by atoms with Crippen molar-refractivity contribution >= 4 is 28.9 Å². The highest BCUT2D eigenvalue weighted by molar-refractivity contribution is 5.95. The van der Waals surface area contributed by atoms with Crippen molar-refractivity contribution < 1.29 is 19.4 Å². The van der Waals surface area contributed by atoms with Crippen LogP contribution in [0.1, 0.15) is 49.1 Å². The van der Waals surface area contributed by atoms with E-state index in [-0.39, 0.29) is 17.8 Å². The monoisotopic (exact) mass is 473 g/mol. The van der Waals surface area contributed by atoms with Crippen molar-refractivity contribution in [3.63, 3.8) is 0 Å². The molecule has 182 valence electrons. The minimum atomic E-state index is -0.917. The minimum Gasteiger partial charge on any atom is -0.457 e. The molecule has 2 aliphatic rings. The van der Waals surface area contributed by atoms with Crippen LogP contribution in [0.4, 0.5) is 0 Å². The molecule has 0 radical (unpaired) electrons. The molecule has 35 heavy (non-hydrogen) atoms. The molecule has 1 saturated heterocycles. The molecule has 0 saturated carbocycles. The second-order valence-corrected chi connectivity index (χ2v) is 10.4. The molecule has 3 heterocycles. The maximum Gasteiger partial charge on any atom is 0.331 e. The summed E-state index contributed by atoms with van der Waals surface area (Å²) in [5.74, 6) is -0.713. The first kappa shape index (κ1) is 23.3. The van der Waals surface area contributed by atoms with Crippen LogP contribution >= 0.6 is 0 Å². The molecule has 5 rings (SSSR count). The van der Waals surface area contributed by atoms with E-state index >= 15 is 0 Å². The Morgan fingerprint density at radius 2 is 1.94 bits per heavy atom. The third-order valence-electron chi connectivity index (χ3n) is 6.67. The predicted molar refractivity (Wildman–Crippen MR) is 134 cm³/mol. The normalized spacial score (nSPS) is 22.0. The molecule has 3 unspecified atom stereocenters. The average molecular weight is 474 g/mol. The zero-order valence-electron chi connectivity index (χ0n) is 20.6. The quantitative estimate of drug-likeness (QED) is 0.462. The topological polar surface area (TPSA) is 75.0 Å². The average Bonchev–Trinajstić information content (AvgIpc) is 3.12. The van der Waals surface area contributed by atoms with Crippen molar-refractivity contribution in [1.29, 1.82) is 0 Å². The molecule has 0 spiro atoms. The lowest BCUT2D eigenvalue weighted by atomic mass is 9.89. The summed E-state index contributed by atoms with van der Waals surface area (Å²) in [5.41, 5.74) is 4.67. The Morgan fingerprint density at radius 3 is 2.71 bits per heavy atom. The summed E-state index contributed by atoms with van der Waals surface area (Å²) in [5, 5.41) is 11.7. The van der Waals surface area contributed by atoms with E-state index in [4.69, 9.17) is 4.74 Å². The zero-order chi connectivity index (χ0) is 24.9. The van der Waals surface area contributed by atoms with Gasteiger partial charge < -0.3 is 19.3 Å². The highest BCUT2D eigenvalue weighted by atomic mass is 16.6. The molecule has 1 N–H and O–H groups in total. The van der Waals surface area contributed by atoms with Crippen LogP contribution in [0.3, 0.4) is 0 Å². The standard InChI is InChI=1S/C28H31N3O4/c1-28(2,3)35-24(32)13-12-18-8-7-9-19(14-18)15-31-22-11-6-5-10-20(22)25-21-16-30(17-23(25)31)27(34)29(4)26(21)33/h5-14,21,27,34H,15-17H2,1-4H3/b13-12+. The van der Waals surface area contributed by atoms with Gasteiger partial charge in [0.05, 0.1) is 5.92 Å². The van der Waals surface area contributed by atoms with E-state index in [1.54, 1.807) is 13.1 Å². The number of hydrogen-bond donors (Lipinski definition) is 1. The lowest BCUT2D eigenvalue weighted by Gasteiger charge is -2.45. The number of esters is 1. The summed E-state index contributed by atoms with van der Waals surface area (Å²) in [6.45, 7) is 7.24. The number of aliphatic hydroxyl groups is 1. The lowest BCUT2D eigenvalue weighted by Crippen LogP contribution is -2.59. The molecule has 2 aliphatic heterocycles. The van der Waals surface area contributed by atoms with E-state index in [2.05, 4.69) is 28.8 Å². The second kappa shape index (κ2) is 8.66. The summed E-state index contributed by atoms with van der Waals surface area (Å²) in [6, 6.07) is 16.2. The fourth-order valence-electron chi connectivity index (χ4n) is 5.17. The van der Waals surface area contributed by atoms with Gasteiger partial charge in [0.2, 0.25) is 5.91 Å². The SMILES string of the molecule is CN1C(=O)C2CN(Cc3c2c2ccccc2n3Cc2cccc(/C=C/C(=O)OC(C)(C)C)c2)C1O. The first-order chi connectivity index (χ1) is 16.6. The Balaban J connectivity index is 1.50. The Labute approximate surface area is 205 Å². The lowest BCUT2D eigenvalue weighted by molar-refractivity contribution is -0.174. The fraction of sp³-hybridized carbons (Fsp3) is 0.357. The van der Waals surface area contributed by atoms with Gasteiger partial charge in [-0.25, -0.2) is 4.79 Å². The van der Waals surface area contributed by atoms with E-state index < -0.39 is 12.0 Å². The molecule has 3 atom stereocenters. The summed E-state index contributed by atoms with van der Waals surface area (Å²) in [7, 11) is 1.66. The Morgan fingerprint density at radius 1 is 1.17 bits per heavy atom. The summed E-state index contributed by atoms with van der Waals surface area (Å²) in [4.78, 5) is 28.5. The number of aliphatic hydroxyl groups excluding tert-OH is 1. The molecule has 2 aromatic carbocycles. The molecule has 3 aromatic rings. The number of fused-ring (bicyclic) bond motifs is 6. The molecule has 2 bridgehead atoms. The van der Waals surface area contributed by atoms with Crippen molar-refractivity contribution in [1.82, 2.24) is 14.4 Å². The molecular formula is C28H31N3O4. The molecule has 7 heteroatoms. The maximum absolute atomic E-state index is 13.1. The first-order valence-corrected chi connectivity index (χ1v) is 11.9. The zero-order valence-corrected chi connectivity index (χ0v) is 20.6. The number of hydrogen-bond acceptors (Lipinski definition) is 5. The number of carbonyl (C=O) groups excluding carboxylic acids is 2. The number of ether oxygens (including phenoxy) is 1. The smallest absolute Gasteiger partial charge is 0.331 e. The van der Waals surface area contributed by atoms with Gasteiger partial charge in [-0.3, -0.25) is 9.69 Å². The van der Waals surface area contributed by atoms with Crippen LogP contribution in [0, 0.1) is 0 Å². The Kier molecular flexibility index (Phi) is 5.77. The summed E-state index contributed by atoms with van der Waals surface area (Å²) < 4.78 is 7.62. The second-order valence-electron chi connectivity index (χ2n) is 10.4. The third-order valence-corrected chi connectivity index (χ3v) is 6.67. The van der Waals surface area contributed by atoms with E-state index in [9.17, 15) is 14.7 Å². The van der Waals surface area contributed by atoms with Gasteiger partial charge in [0, 0.05) is 49.4 Å². The number of para-hydroxylation sites is 1. The first-order valence-electron chi connectivity index (χ1n) is 11.9. The largest absolute Gasteiger partial charge is 0.457 e. The van der Waals surface area contributed by atoms with Crippen molar-refractivity contribution in [2.24, 2.45) is 0 Å². The van der Waals surface area contributed by atoms with Crippen molar-refractivity contribution in [2.45, 2.75) is 51.7 Å². The number of rotatable bonds is 4. The molecule has 0 aliphatic carbocycles. The van der Waals surface area contributed by atoms with Gasteiger partial charge in [-0.1, -0.05) is 36.4 Å². The number of carbonyl (C=O) groups is 2. The number of aromatic nitrogens is 1. The number of benzene rings is 2. The highest BCUT2D eigenvalue weighted by Gasteiger charge is 2.44. The number of nitrogens with zero attached hydrogens (tertiary/aromatic N) is 3. The fourth-order valence-corrected chi connectivity index (χ4v) is 5.17. The number of amides is 1. The Bertz CT molecular complexity index is 1330. The van der Waals surface area contributed by atoms with Gasteiger partial charge in [-0.2, -0.15) is 0 Å². The minimum absolute atomic E-state index is 0.0492. The molecule has 1 fully saturated rings. The van der Waals surface area contributed by atoms with Crippen molar-refractivity contribution in [3.8, 4) is 0 Å². The van der Waals surface area contributed by atoms with Gasteiger partial charge in [-0.05, 0) is 55.7 Å². The summed E-state index contributed by atoms with van der Waals surface area (Å²) >= 11 is 0. The molecule has 1 aromatic heterocycles. The Hall–Kier alpha value is -3.42. The van der Waals surface area contributed by atoms with Crippen LogP contribution in [0.5, 0.6) is 0 Å². The van der Waals surface area contributed by atoms with Gasteiger partial charge in [-0.15, -0.1) is 0 Å². The van der Waals surface area contributed by atoms with Crippen LogP contribution < -0.4 is 0 Å². The maximum atomic E-state index is 13.1.